The number of H-pyrrole nitrogens is 1. The normalized spacial score (nSPS) is 14.6. The van der Waals surface area contributed by atoms with Gasteiger partial charge in [0.05, 0.1) is 18.4 Å². The quantitative estimate of drug-likeness (QED) is 0.328. The summed E-state index contributed by atoms with van der Waals surface area (Å²) in [6, 6.07) is 12.8. The standard InChI is InChI=1S/C21H22N4O3S/c1-3-4-11-29-21-23-20(27)18-14-7-5-6-8-15(14)22-19(25(18)24-21)13-9-10-17(28-2)16(26)12-13/h5-10,12,19H,3-4,11H2,1-2H3,(H2,23,24,26,27)/p+1/t19-/m0/s1. The predicted molar refractivity (Wildman–Crippen MR) is 113 cm³/mol. The number of anilines is 1. The smallest absolute Gasteiger partial charge is 0.325 e. The van der Waals surface area contributed by atoms with E-state index in [1.807, 2.05) is 30.3 Å². The van der Waals surface area contributed by atoms with Crippen LogP contribution in [0.1, 0.15) is 31.5 Å². The summed E-state index contributed by atoms with van der Waals surface area (Å²) in [7, 11) is 1.51. The number of benzene rings is 2. The first kappa shape index (κ1) is 19.3. The van der Waals surface area contributed by atoms with Crippen LogP contribution in [-0.2, 0) is 0 Å². The van der Waals surface area contributed by atoms with Crippen molar-refractivity contribution in [3.8, 4) is 22.8 Å². The van der Waals surface area contributed by atoms with Gasteiger partial charge in [-0.2, -0.15) is 0 Å². The maximum Gasteiger partial charge on any atom is 0.325 e. The minimum absolute atomic E-state index is 0.0372. The fourth-order valence-corrected chi connectivity index (χ4v) is 4.31. The van der Waals surface area contributed by atoms with Gasteiger partial charge in [-0.25, -0.2) is 0 Å². The van der Waals surface area contributed by atoms with Crippen LogP contribution < -0.4 is 20.3 Å². The maximum absolute atomic E-state index is 13.0. The number of ether oxygens (including phenoxy) is 1. The molecule has 0 saturated carbocycles. The molecule has 8 heteroatoms. The third-order valence-corrected chi connectivity index (χ3v) is 5.79. The van der Waals surface area contributed by atoms with Gasteiger partial charge in [-0.1, -0.05) is 37.2 Å². The predicted octanol–water partition coefficient (Wildman–Crippen LogP) is 3.30. The summed E-state index contributed by atoms with van der Waals surface area (Å²) in [4.78, 5) is 15.9. The van der Waals surface area contributed by atoms with Crippen LogP contribution in [0, 0.1) is 0 Å². The molecule has 0 aliphatic carbocycles. The number of thioether (sulfide) groups is 1. The molecule has 3 N–H and O–H groups in total. The molecule has 1 aliphatic heterocycles. The van der Waals surface area contributed by atoms with Crippen LogP contribution in [0.3, 0.4) is 0 Å². The van der Waals surface area contributed by atoms with E-state index >= 15 is 0 Å². The average Bonchev–Trinajstić information content (AvgIpc) is 2.73. The van der Waals surface area contributed by atoms with Crippen LogP contribution in [0.25, 0.3) is 11.3 Å². The minimum atomic E-state index is -0.440. The Labute approximate surface area is 172 Å². The van der Waals surface area contributed by atoms with Crippen LogP contribution >= 0.6 is 11.8 Å². The molecule has 0 bridgehead atoms. The van der Waals surface area contributed by atoms with E-state index in [2.05, 4.69) is 17.2 Å². The van der Waals surface area contributed by atoms with Gasteiger partial charge in [0.25, 0.3) is 6.17 Å². The maximum atomic E-state index is 13.0. The summed E-state index contributed by atoms with van der Waals surface area (Å²) in [6.45, 7) is 2.13. The van der Waals surface area contributed by atoms with E-state index in [1.54, 1.807) is 16.8 Å². The van der Waals surface area contributed by atoms with Gasteiger partial charge in [-0.3, -0.25) is 9.78 Å². The summed E-state index contributed by atoms with van der Waals surface area (Å²) in [5.41, 5.74) is 2.70. The molecule has 3 aromatic rings. The van der Waals surface area contributed by atoms with Crippen LogP contribution in [-0.4, -0.2) is 28.1 Å². The first-order valence-electron chi connectivity index (χ1n) is 9.54. The molecular weight excluding hydrogens is 388 g/mol. The Morgan fingerprint density at radius 1 is 1.28 bits per heavy atom. The number of phenolic OH excluding ortho intramolecular Hbond substituents is 1. The van der Waals surface area contributed by atoms with Gasteiger partial charge in [-0.05, 0) is 41.4 Å². The summed E-state index contributed by atoms with van der Waals surface area (Å²) in [5, 5.41) is 19.0. The zero-order valence-corrected chi connectivity index (χ0v) is 17.1. The van der Waals surface area contributed by atoms with Crippen molar-refractivity contribution in [1.82, 2.24) is 10.1 Å². The zero-order chi connectivity index (χ0) is 20.4. The molecule has 1 atom stereocenters. The molecule has 2 aromatic carbocycles. The number of aromatic nitrogens is 3. The Morgan fingerprint density at radius 2 is 2.10 bits per heavy atom. The second-order valence-electron chi connectivity index (χ2n) is 6.78. The Balaban J connectivity index is 1.85. The molecule has 0 radical (unpaired) electrons. The second kappa shape index (κ2) is 8.16. The summed E-state index contributed by atoms with van der Waals surface area (Å²) >= 11 is 1.54. The molecule has 0 spiro atoms. The molecular formula is C21H23N4O3S+. The lowest BCUT2D eigenvalue weighted by molar-refractivity contribution is -0.759. The Kier molecular flexibility index (Phi) is 5.44. The highest BCUT2D eigenvalue weighted by Crippen LogP contribution is 2.34. The molecule has 29 heavy (non-hydrogen) atoms. The highest BCUT2D eigenvalue weighted by Gasteiger charge is 2.37. The average molecular weight is 412 g/mol. The molecule has 0 unspecified atom stereocenters. The van der Waals surface area contributed by atoms with E-state index in [9.17, 15) is 9.90 Å². The fraction of sp³-hybridized carbons (Fsp3) is 0.286. The second-order valence-corrected chi connectivity index (χ2v) is 7.86. The van der Waals surface area contributed by atoms with E-state index in [0.717, 1.165) is 35.4 Å². The van der Waals surface area contributed by atoms with Crippen LogP contribution in [0.15, 0.2) is 52.4 Å². The van der Waals surface area contributed by atoms with Crippen LogP contribution in [0.4, 0.5) is 5.69 Å². The number of aromatic amines is 1. The number of fused-ring (bicyclic) bond motifs is 3. The topological polar surface area (TPSA) is 91.1 Å². The van der Waals surface area contributed by atoms with Gasteiger partial charge in [0.1, 0.15) is 0 Å². The number of para-hydroxylation sites is 1. The summed E-state index contributed by atoms with van der Waals surface area (Å²) in [6.07, 6.45) is 1.69. The SMILES string of the molecule is CCCCSc1n[n+]2c(c(=O)[nH]1)-c1ccccc1N[C@@H]2c1ccc(OC)c(O)c1. The Morgan fingerprint density at radius 3 is 2.86 bits per heavy atom. The minimum Gasteiger partial charge on any atom is -0.504 e. The number of nitrogens with one attached hydrogen (secondary N) is 2. The van der Waals surface area contributed by atoms with Crippen molar-refractivity contribution in [2.45, 2.75) is 31.1 Å². The number of phenols is 1. The fourth-order valence-electron chi connectivity index (χ4n) is 3.37. The highest BCUT2D eigenvalue weighted by molar-refractivity contribution is 7.99. The number of rotatable bonds is 6. The van der Waals surface area contributed by atoms with Gasteiger partial charge in [0.15, 0.2) is 11.5 Å². The summed E-state index contributed by atoms with van der Waals surface area (Å²) in [5.74, 6) is 1.32. The zero-order valence-electron chi connectivity index (χ0n) is 16.3. The van der Waals surface area contributed by atoms with Gasteiger partial charge in [0.2, 0.25) is 5.16 Å². The number of nitrogens with zero attached hydrogens (tertiary/aromatic N) is 2. The van der Waals surface area contributed by atoms with E-state index < -0.39 is 6.17 Å². The number of hydrogen-bond acceptors (Lipinski definition) is 6. The lowest BCUT2D eigenvalue weighted by Crippen LogP contribution is -2.55. The number of unbranched alkanes of at least 4 members (excludes halogenated alkanes) is 1. The molecule has 150 valence electrons. The van der Waals surface area contributed by atoms with Crippen molar-refractivity contribution in [3.63, 3.8) is 0 Å². The van der Waals surface area contributed by atoms with Crippen LogP contribution in [0.2, 0.25) is 0 Å². The number of aromatic hydroxyl groups is 1. The molecule has 1 aliphatic rings. The van der Waals surface area contributed by atoms with Crippen molar-refractivity contribution in [2.75, 3.05) is 18.2 Å². The van der Waals surface area contributed by atoms with Crippen molar-refractivity contribution < 1.29 is 14.5 Å². The van der Waals surface area contributed by atoms with Crippen molar-refractivity contribution in [1.29, 1.82) is 0 Å². The van der Waals surface area contributed by atoms with Crippen molar-refractivity contribution in [2.24, 2.45) is 0 Å². The van der Waals surface area contributed by atoms with E-state index in [1.165, 1.54) is 18.9 Å². The largest absolute Gasteiger partial charge is 0.504 e. The highest BCUT2D eigenvalue weighted by atomic mass is 32.2. The molecule has 4 rings (SSSR count). The third kappa shape index (κ3) is 3.67. The molecule has 0 saturated heterocycles. The monoisotopic (exact) mass is 411 g/mol. The first-order chi connectivity index (χ1) is 14.1. The Hall–Kier alpha value is -3.00. The van der Waals surface area contributed by atoms with Gasteiger partial charge < -0.3 is 15.2 Å². The van der Waals surface area contributed by atoms with Crippen molar-refractivity contribution >= 4 is 17.4 Å². The lowest BCUT2D eigenvalue weighted by Gasteiger charge is -2.22. The molecule has 2 heterocycles. The molecule has 0 amide bonds. The van der Waals surface area contributed by atoms with Crippen LogP contribution in [0.5, 0.6) is 11.5 Å². The Bertz CT molecular complexity index is 1100. The van der Waals surface area contributed by atoms with Gasteiger partial charge >= 0.3 is 11.3 Å². The first-order valence-corrected chi connectivity index (χ1v) is 10.5. The molecule has 7 nitrogen and oxygen atoms in total. The number of methoxy groups -OCH3 is 1. The van der Waals surface area contributed by atoms with E-state index in [0.29, 0.717) is 16.6 Å². The number of hydrogen-bond donors (Lipinski definition) is 3. The van der Waals surface area contributed by atoms with Gasteiger partial charge in [0, 0.05) is 16.4 Å². The van der Waals surface area contributed by atoms with E-state index in [4.69, 9.17) is 9.84 Å². The molecule has 0 fully saturated rings. The molecule has 1 aromatic heterocycles. The summed E-state index contributed by atoms with van der Waals surface area (Å²) < 4.78 is 6.86. The van der Waals surface area contributed by atoms with E-state index in [-0.39, 0.29) is 11.3 Å². The lowest BCUT2D eigenvalue weighted by atomic mass is 10.0. The third-order valence-electron chi connectivity index (χ3n) is 4.84. The van der Waals surface area contributed by atoms with Gasteiger partial charge in [-0.15, -0.1) is 0 Å². The van der Waals surface area contributed by atoms with Crippen molar-refractivity contribution in [3.05, 3.63) is 58.4 Å².